The van der Waals surface area contributed by atoms with Crippen LogP contribution in [-0.4, -0.2) is 50.6 Å². The van der Waals surface area contributed by atoms with Crippen molar-refractivity contribution >= 4 is 5.91 Å². The molecule has 118 valence electrons. The lowest BCUT2D eigenvalue weighted by Gasteiger charge is -2.30. The fourth-order valence-electron chi connectivity index (χ4n) is 2.91. The molecule has 0 aliphatic carbocycles. The number of nitrogens with zero attached hydrogens (tertiary/aromatic N) is 1. The molecule has 1 aliphatic rings. The fraction of sp³-hybridized carbons (Fsp3) is 0.938. The van der Waals surface area contributed by atoms with Crippen molar-refractivity contribution < 1.29 is 4.79 Å². The number of hydrogen-bond donors (Lipinski definition) is 2. The van der Waals surface area contributed by atoms with Crippen LogP contribution >= 0.6 is 0 Å². The molecule has 4 heteroatoms. The third-order valence-corrected chi connectivity index (χ3v) is 4.36. The molecular formula is C16H33N3O. The maximum Gasteiger partial charge on any atom is 0.220 e. The highest BCUT2D eigenvalue weighted by atomic mass is 16.1. The minimum absolute atomic E-state index is 0.212. The topological polar surface area (TPSA) is 44.4 Å². The van der Waals surface area contributed by atoms with Crippen molar-refractivity contribution in [3.63, 3.8) is 0 Å². The van der Waals surface area contributed by atoms with Crippen LogP contribution < -0.4 is 10.6 Å². The molecule has 0 aromatic carbocycles. The number of carbonyl (C=O) groups is 1. The monoisotopic (exact) mass is 283 g/mol. The molecule has 1 rings (SSSR count). The lowest BCUT2D eigenvalue weighted by Crippen LogP contribution is -2.46. The van der Waals surface area contributed by atoms with Crippen molar-refractivity contribution in [3.8, 4) is 0 Å². The van der Waals surface area contributed by atoms with E-state index in [1.54, 1.807) is 0 Å². The number of likely N-dealkylation sites (N-methyl/N-ethyl adjacent to an activating group) is 1. The quantitative estimate of drug-likeness (QED) is 0.748. The number of amides is 1. The van der Waals surface area contributed by atoms with Gasteiger partial charge in [-0.25, -0.2) is 0 Å². The second-order valence-electron chi connectivity index (χ2n) is 6.97. The molecule has 1 aliphatic heterocycles. The van der Waals surface area contributed by atoms with E-state index in [2.05, 4.69) is 50.4 Å². The number of piperidine rings is 1. The largest absolute Gasteiger partial charge is 0.352 e. The number of nitrogens with one attached hydrogen (secondary N) is 2. The third-order valence-electron chi connectivity index (χ3n) is 4.36. The summed E-state index contributed by atoms with van der Waals surface area (Å²) in [5, 5.41) is 6.65. The highest BCUT2D eigenvalue weighted by molar-refractivity contribution is 5.76. The van der Waals surface area contributed by atoms with Crippen molar-refractivity contribution in [2.45, 2.75) is 46.1 Å². The van der Waals surface area contributed by atoms with Gasteiger partial charge in [-0.05, 0) is 57.8 Å². The van der Waals surface area contributed by atoms with E-state index in [9.17, 15) is 4.79 Å². The average Bonchev–Trinajstić information content (AvgIpc) is 2.38. The molecule has 20 heavy (non-hydrogen) atoms. The maximum atomic E-state index is 12.2. The van der Waals surface area contributed by atoms with E-state index in [4.69, 9.17) is 0 Å². The van der Waals surface area contributed by atoms with Crippen molar-refractivity contribution in [3.05, 3.63) is 0 Å². The molecule has 0 aromatic heterocycles. The summed E-state index contributed by atoms with van der Waals surface area (Å²) in [5.41, 5.74) is 0. The van der Waals surface area contributed by atoms with Gasteiger partial charge < -0.3 is 15.5 Å². The summed E-state index contributed by atoms with van der Waals surface area (Å²) in [6.07, 6.45) is 3.15. The predicted octanol–water partition coefficient (Wildman–Crippen LogP) is 1.71. The van der Waals surface area contributed by atoms with Crippen molar-refractivity contribution in [2.24, 2.45) is 17.8 Å². The normalized spacial score (nSPS) is 22.9. The standard InChI is InChI=1S/C16H33N3O/c1-12(2)15(11-19(4)5)18-16(20)9-13(3)14-7-6-8-17-10-14/h12-15,17H,6-11H2,1-5H3,(H,18,20). The zero-order chi connectivity index (χ0) is 15.1. The van der Waals surface area contributed by atoms with E-state index in [0.29, 0.717) is 24.2 Å². The van der Waals surface area contributed by atoms with Crippen molar-refractivity contribution in [1.29, 1.82) is 0 Å². The van der Waals surface area contributed by atoms with Crippen LogP contribution in [-0.2, 0) is 4.79 Å². The van der Waals surface area contributed by atoms with E-state index < -0.39 is 0 Å². The van der Waals surface area contributed by atoms with Crippen LogP contribution in [0.4, 0.5) is 0 Å². The lowest BCUT2D eigenvalue weighted by molar-refractivity contribution is -0.123. The molecule has 4 nitrogen and oxygen atoms in total. The molecule has 1 saturated heterocycles. The van der Waals surface area contributed by atoms with E-state index in [0.717, 1.165) is 19.6 Å². The van der Waals surface area contributed by atoms with Crippen LogP contribution in [0.15, 0.2) is 0 Å². The zero-order valence-corrected chi connectivity index (χ0v) is 13.9. The first-order valence-electron chi connectivity index (χ1n) is 8.05. The Bertz CT molecular complexity index is 285. The molecule has 0 saturated carbocycles. The summed E-state index contributed by atoms with van der Waals surface area (Å²) in [4.78, 5) is 14.4. The number of hydrogen-bond acceptors (Lipinski definition) is 3. The number of rotatable bonds is 7. The second-order valence-corrected chi connectivity index (χ2v) is 6.97. The SMILES string of the molecule is CC(C)C(CN(C)C)NC(=O)CC(C)C1CCCNC1. The molecule has 2 N–H and O–H groups in total. The molecule has 0 spiro atoms. The Hall–Kier alpha value is -0.610. The average molecular weight is 283 g/mol. The third kappa shape index (κ3) is 6.23. The summed E-state index contributed by atoms with van der Waals surface area (Å²) in [6, 6.07) is 0.245. The van der Waals surface area contributed by atoms with Gasteiger partial charge in [-0.15, -0.1) is 0 Å². The van der Waals surface area contributed by atoms with Gasteiger partial charge in [0.25, 0.3) is 0 Å². The van der Waals surface area contributed by atoms with E-state index >= 15 is 0 Å². The van der Waals surface area contributed by atoms with Crippen LogP contribution in [0.2, 0.25) is 0 Å². The van der Waals surface area contributed by atoms with Crippen LogP contribution in [0, 0.1) is 17.8 Å². The summed E-state index contributed by atoms with van der Waals surface area (Å²) in [5.74, 6) is 1.80. The molecule has 0 bridgehead atoms. The first kappa shape index (κ1) is 17.4. The van der Waals surface area contributed by atoms with E-state index in [1.807, 2.05) is 0 Å². The lowest BCUT2D eigenvalue weighted by atomic mass is 9.85. The first-order valence-corrected chi connectivity index (χ1v) is 8.05. The Balaban J connectivity index is 2.39. The Kier molecular flexibility index (Phi) is 7.52. The Morgan fingerprint density at radius 3 is 2.55 bits per heavy atom. The van der Waals surface area contributed by atoms with Crippen LogP contribution in [0.25, 0.3) is 0 Å². The van der Waals surface area contributed by atoms with Gasteiger partial charge in [-0.1, -0.05) is 20.8 Å². The smallest absolute Gasteiger partial charge is 0.220 e. The van der Waals surface area contributed by atoms with Crippen LogP contribution in [0.1, 0.15) is 40.0 Å². The van der Waals surface area contributed by atoms with E-state index in [-0.39, 0.29) is 11.9 Å². The van der Waals surface area contributed by atoms with Crippen LogP contribution in [0.3, 0.4) is 0 Å². The molecule has 1 heterocycles. The summed E-state index contributed by atoms with van der Waals surface area (Å²) >= 11 is 0. The van der Waals surface area contributed by atoms with Gasteiger partial charge in [-0.3, -0.25) is 4.79 Å². The second kappa shape index (κ2) is 8.63. The predicted molar refractivity (Wildman–Crippen MR) is 84.7 cm³/mol. The van der Waals surface area contributed by atoms with Crippen molar-refractivity contribution in [1.82, 2.24) is 15.5 Å². The Morgan fingerprint density at radius 2 is 2.05 bits per heavy atom. The fourth-order valence-corrected chi connectivity index (χ4v) is 2.91. The van der Waals surface area contributed by atoms with Crippen LogP contribution in [0.5, 0.6) is 0 Å². The molecule has 0 radical (unpaired) electrons. The highest BCUT2D eigenvalue weighted by Gasteiger charge is 2.23. The molecule has 0 aromatic rings. The minimum Gasteiger partial charge on any atom is -0.352 e. The van der Waals surface area contributed by atoms with E-state index in [1.165, 1.54) is 12.8 Å². The summed E-state index contributed by atoms with van der Waals surface area (Å²) in [7, 11) is 4.11. The maximum absolute atomic E-state index is 12.2. The molecule has 3 atom stereocenters. The molecule has 1 amide bonds. The van der Waals surface area contributed by atoms with Gasteiger partial charge in [0, 0.05) is 19.0 Å². The summed E-state index contributed by atoms with van der Waals surface area (Å²) in [6.45, 7) is 9.66. The Morgan fingerprint density at radius 1 is 1.35 bits per heavy atom. The van der Waals surface area contributed by atoms with Gasteiger partial charge in [0.1, 0.15) is 0 Å². The molecular weight excluding hydrogens is 250 g/mol. The van der Waals surface area contributed by atoms with Crippen molar-refractivity contribution in [2.75, 3.05) is 33.7 Å². The number of carbonyl (C=O) groups excluding carboxylic acids is 1. The van der Waals surface area contributed by atoms with Gasteiger partial charge in [0.2, 0.25) is 5.91 Å². The first-order chi connectivity index (χ1) is 9.40. The molecule has 3 unspecified atom stereocenters. The summed E-state index contributed by atoms with van der Waals surface area (Å²) < 4.78 is 0. The van der Waals surface area contributed by atoms with Gasteiger partial charge in [0.05, 0.1) is 0 Å². The Labute approximate surface area is 124 Å². The molecule has 1 fully saturated rings. The minimum atomic E-state index is 0.212. The van der Waals surface area contributed by atoms with Gasteiger partial charge in [-0.2, -0.15) is 0 Å². The highest BCUT2D eigenvalue weighted by Crippen LogP contribution is 2.22. The zero-order valence-electron chi connectivity index (χ0n) is 13.9. The van der Waals surface area contributed by atoms with Gasteiger partial charge in [0.15, 0.2) is 0 Å². The van der Waals surface area contributed by atoms with Gasteiger partial charge >= 0.3 is 0 Å².